The Hall–Kier alpha value is 0.0800. The molecule has 0 aromatic rings. The Kier molecular flexibility index (Phi) is 13.2. The number of amides is 1. The van der Waals surface area contributed by atoms with E-state index in [1.807, 2.05) is 22.9 Å². The van der Waals surface area contributed by atoms with Crippen molar-refractivity contribution in [3.8, 4) is 0 Å². The lowest BCUT2D eigenvalue weighted by molar-refractivity contribution is -0.118. The molecule has 5 nitrogen and oxygen atoms in total. The fourth-order valence-corrected chi connectivity index (χ4v) is 1.22. The van der Waals surface area contributed by atoms with E-state index in [1.165, 1.54) is 6.42 Å². The summed E-state index contributed by atoms with van der Waals surface area (Å²) in [6.07, 6.45) is 2.31. The van der Waals surface area contributed by atoms with Crippen LogP contribution in [0.4, 0.5) is 0 Å². The number of unbranched alkanes of at least 4 members (excludes halogenated alkanes) is 1. The van der Waals surface area contributed by atoms with Crippen molar-refractivity contribution in [1.29, 1.82) is 0 Å². The van der Waals surface area contributed by atoms with Crippen LogP contribution < -0.4 is 14.2 Å². The van der Waals surface area contributed by atoms with Gasteiger partial charge in [0, 0.05) is 26.2 Å². The van der Waals surface area contributed by atoms with Crippen LogP contribution in [0, 0.1) is 0 Å². The molecule has 16 heavy (non-hydrogen) atoms. The highest BCUT2D eigenvalue weighted by Crippen LogP contribution is 1.86. The van der Waals surface area contributed by atoms with Gasteiger partial charge in [0.1, 0.15) is 0 Å². The average molecular weight is 343 g/mol. The van der Waals surface area contributed by atoms with Crippen LogP contribution in [0.25, 0.3) is 0 Å². The van der Waals surface area contributed by atoms with E-state index >= 15 is 0 Å². The molecular formula is C10H22IN3O2. The Morgan fingerprint density at radius 3 is 2.62 bits per heavy atom. The first kappa shape index (κ1) is 16.1. The molecule has 0 atom stereocenters. The summed E-state index contributed by atoms with van der Waals surface area (Å²) in [5, 5.41) is 6.26. The summed E-state index contributed by atoms with van der Waals surface area (Å²) in [4.78, 5) is 10.8. The molecule has 6 heteroatoms. The van der Waals surface area contributed by atoms with Crippen molar-refractivity contribution in [3.63, 3.8) is 0 Å². The molecule has 0 unspecified atom stereocenters. The van der Waals surface area contributed by atoms with E-state index in [1.54, 1.807) is 0 Å². The van der Waals surface area contributed by atoms with E-state index in [2.05, 4.69) is 21.1 Å². The van der Waals surface area contributed by atoms with Gasteiger partial charge in [-0.3, -0.25) is 8.32 Å². The Balaban J connectivity index is 2.96. The maximum atomic E-state index is 10.8. The number of hydrogen-bond donors (Lipinski definition) is 3. The molecule has 0 spiro atoms. The summed E-state index contributed by atoms with van der Waals surface area (Å²) in [6.45, 7) is 6.64. The number of halogens is 1. The van der Waals surface area contributed by atoms with Gasteiger partial charge in [-0.15, -0.1) is 0 Å². The Morgan fingerprint density at radius 2 is 1.94 bits per heavy atom. The SMILES string of the molecule is CCCCOCCNCCNCC(=O)NI. The predicted molar refractivity (Wildman–Crippen MR) is 73.6 cm³/mol. The van der Waals surface area contributed by atoms with Crippen LogP contribution in [0.1, 0.15) is 19.8 Å². The second-order valence-electron chi connectivity index (χ2n) is 3.41. The highest BCUT2D eigenvalue weighted by molar-refractivity contribution is 14.1. The Bertz CT molecular complexity index is 170. The van der Waals surface area contributed by atoms with Crippen LogP contribution >= 0.6 is 22.9 Å². The van der Waals surface area contributed by atoms with E-state index in [0.29, 0.717) is 6.54 Å². The van der Waals surface area contributed by atoms with Crippen LogP contribution in [0.5, 0.6) is 0 Å². The molecule has 0 aliphatic rings. The van der Waals surface area contributed by atoms with Crippen molar-refractivity contribution >= 4 is 28.8 Å². The molecule has 96 valence electrons. The minimum atomic E-state index is 0.00324. The summed E-state index contributed by atoms with van der Waals surface area (Å²) in [5.74, 6) is 0.00324. The predicted octanol–water partition coefficient (Wildman–Crippen LogP) is 0.449. The lowest BCUT2D eigenvalue weighted by Crippen LogP contribution is -2.34. The number of carbonyl (C=O) groups excluding carboxylic acids is 1. The molecule has 3 N–H and O–H groups in total. The standard InChI is InChI=1S/C10H22IN3O2/c1-2-3-7-16-8-6-12-4-5-13-9-10(15)14-11/h12-13H,2-9H2,1H3,(H,14,15). The first-order valence-corrected chi connectivity index (χ1v) is 6.77. The molecule has 0 saturated carbocycles. The summed E-state index contributed by atoms with van der Waals surface area (Å²) in [6, 6.07) is 0. The number of hydrogen-bond acceptors (Lipinski definition) is 4. The Morgan fingerprint density at radius 1 is 1.19 bits per heavy atom. The Labute approximate surface area is 112 Å². The van der Waals surface area contributed by atoms with Gasteiger partial charge in [-0.1, -0.05) is 13.3 Å². The molecule has 0 aliphatic carbocycles. The molecular weight excluding hydrogens is 321 g/mol. The topological polar surface area (TPSA) is 62.4 Å². The minimum absolute atomic E-state index is 0.00324. The quantitative estimate of drug-likeness (QED) is 0.290. The largest absolute Gasteiger partial charge is 0.380 e. The summed E-state index contributed by atoms with van der Waals surface area (Å²) in [5.41, 5.74) is 0. The summed E-state index contributed by atoms with van der Waals surface area (Å²) < 4.78 is 7.91. The van der Waals surface area contributed by atoms with Crippen molar-refractivity contribution in [1.82, 2.24) is 14.2 Å². The maximum Gasteiger partial charge on any atom is 0.242 e. The zero-order valence-electron chi connectivity index (χ0n) is 9.85. The van der Waals surface area contributed by atoms with Gasteiger partial charge in [0.25, 0.3) is 0 Å². The number of nitrogens with one attached hydrogen (secondary N) is 3. The van der Waals surface area contributed by atoms with Crippen LogP contribution in [0.3, 0.4) is 0 Å². The molecule has 0 aromatic carbocycles. The number of carbonyl (C=O) groups is 1. The normalized spacial score (nSPS) is 10.4. The van der Waals surface area contributed by atoms with E-state index in [4.69, 9.17) is 4.74 Å². The van der Waals surface area contributed by atoms with Crippen molar-refractivity contribution in [3.05, 3.63) is 0 Å². The van der Waals surface area contributed by atoms with Gasteiger partial charge in [-0.05, 0) is 6.42 Å². The van der Waals surface area contributed by atoms with Gasteiger partial charge >= 0.3 is 0 Å². The van der Waals surface area contributed by atoms with Gasteiger partial charge in [0.05, 0.1) is 36.0 Å². The van der Waals surface area contributed by atoms with E-state index in [-0.39, 0.29) is 5.91 Å². The van der Waals surface area contributed by atoms with Gasteiger partial charge in [-0.25, -0.2) is 0 Å². The van der Waals surface area contributed by atoms with Crippen molar-refractivity contribution in [2.24, 2.45) is 0 Å². The third kappa shape index (κ3) is 12.2. The van der Waals surface area contributed by atoms with Gasteiger partial charge in [-0.2, -0.15) is 0 Å². The van der Waals surface area contributed by atoms with Crippen molar-refractivity contribution in [2.45, 2.75) is 19.8 Å². The van der Waals surface area contributed by atoms with E-state index < -0.39 is 0 Å². The lowest BCUT2D eigenvalue weighted by Gasteiger charge is -2.06. The monoisotopic (exact) mass is 343 g/mol. The fraction of sp³-hybridized carbons (Fsp3) is 0.900. The first-order valence-electron chi connectivity index (χ1n) is 5.70. The molecule has 0 saturated heterocycles. The molecule has 0 heterocycles. The molecule has 1 amide bonds. The lowest BCUT2D eigenvalue weighted by atomic mass is 10.4. The van der Waals surface area contributed by atoms with Gasteiger partial charge < -0.3 is 15.4 Å². The first-order chi connectivity index (χ1) is 7.81. The second kappa shape index (κ2) is 13.1. The summed E-state index contributed by atoms with van der Waals surface area (Å²) >= 11 is 1.83. The maximum absolute atomic E-state index is 10.8. The minimum Gasteiger partial charge on any atom is -0.380 e. The van der Waals surface area contributed by atoms with Crippen molar-refractivity contribution < 1.29 is 9.53 Å². The average Bonchev–Trinajstić information content (AvgIpc) is 2.31. The van der Waals surface area contributed by atoms with Crippen molar-refractivity contribution in [2.75, 3.05) is 39.4 Å². The number of ether oxygens (including phenoxy) is 1. The molecule has 0 radical (unpaired) electrons. The van der Waals surface area contributed by atoms with E-state index in [0.717, 1.165) is 39.3 Å². The molecule has 0 rings (SSSR count). The number of rotatable bonds is 11. The fourth-order valence-electron chi connectivity index (χ4n) is 1.03. The molecule has 0 fully saturated rings. The van der Waals surface area contributed by atoms with Crippen LogP contribution in [0.15, 0.2) is 0 Å². The van der Waals surface area contributed by atoms with Crippen LogP contribution in [-0.2, 0) is 9.53 Å². The van der Waals surface area contributed by atoms with Crippen LogP contribution in [0.2, 0.25) is 0 Å². The second-order valence-corrected chi connectivity index (χ2v) is 3.95. The zero-order chi connectivity index (χ0) is 12.1. The third-order valence-corrected chi connectivity index (χ3v) is 2.54. The highest BCUT2D eigenvalue weighted by Gasteiger charge is 1.95. The van der Waals surface area contributed by atoms with Crippen LogP contribution in [-0.4, -0.2) is 45.3 Å². The van der Waals surface area contributed by atoms with Gasteiger partial charge in [0.2, 0.25) is 5.91 Å². The molecule has 0 aromatic heterocycles. The molecule has 0 bridgehead atoms. The summed E-state index contributed by atoms with van der Waals surface area (Å²) in [7, 11) is 0. The third-order valence-electron chi connectivity index (χ3n) is 1.93. The smallest absolute Gasteiger partial charge is 0.242 e. The molecule has 0 aliphatic heterocycles. The highest BCUT2D eigenvalue weighted by atomic mass is 127. The van der Waals surface area contributed by atoms with Gasteiger partial charge in [0.15, 0.2) is 0 Å². The van der Waals surface area contributed by atoms with E-state index in [9.17, 15) is 4.79 Å². The zero-order valence-corrected chi connectivity index (χ0v) is 12.0.